The van der Waals surface area contributed by atoms with E-state index in [1.807, 2.05) is 58.3 Å². The van der Waals surface area contributed by atoms with Crippen molar-refractivity contribution in [2.45, 2.75) is 11.7 Å². The molecule has 8 nitrogen and oxygen atoms in total. The van der Waals surface area contributed by atoms with Crippen molar-refractivity contribution in [2.75, 3.05) is 18.3 Å². The number of rotatable bonds is 4. The van der Waals surface area contributed by atoms with E-state index in [9.17, 15) is 4.21 Å². The normalized spacial score (nSPS) is 14.5. The Kier molecular flexibility index (Phi) is 4.21. The Morgan fingerprint density at radius 1 is 1.15 bits per heavy atom. The van der Waals surface area contributed by atoms with Crippen molar-refractivity contribution in [2.24, 2.45) is 0 Å². The highest BCUT2D eigenvalue weighted by Gasteiger charge is 2.23. The first-order chi connectivity index (χ1) is 12.6. The SMILES string of the molecule is CN(c1ccnc(S(C)=O)n1)N1C=C(c2ccccc2)n2ncnc2C1. The maximum atomic E-state index is 11.7. The molecule has 3 heterocycles. The molecule has 26 heavy (non-hydrogen) atoms. The fraction of sp³-hybridized carbons (Fsp3) is 0.176. The lowest BCUT2D eigenvalue weighted by Gasteiger charge is -2.34. The lowest BCUT2D eigenvalue weighted by molar-refractivity contribution is 0.331. The van der Waals surface area contributed by atoms with Crippen molar-refractivity contribution in [1.82, 2.24) is 29.7 Å². The van der Waals surface area contributed by atoms with Crippen LogP contribution in [0.3, 0.4) is 0 Å². The van der Waals surface area contributed by atoms with Crippen LogP contribution in [0.15, 0.2) is 60.3 Å². The standard InChI is InChI=1S/C17H17N7OS/c1-22(15-8-9-18-17(21-15)26(2)25)23-10-14(13-6-4-3-5-7-13)24-16(11-23)19-12-20-24/h3-10,12H,11H2,1-2H3. The van der Waals surface area contributed by atoms with Crippen molar-refractivity contribution < 1.29 is 4.21 Å². The molecule has 4 rings (SSSR count). The predicted molar refractivity (Wildman–Crippen MR) is 98.1 cm³/mol. The number of nitrogens with zero attached hydrogens (tertiary/aromatic N) is 7. The number of aromatic nitrogens is 5. The summed E-state index contributed by atoms with van der Waals surface area (Å²) >= 11 is 0. The van der Waals surface area contributed by atoms with E-state index in [1.54, 1.807) is 24.8 Å². The van der Waals surface area contributed by atoms with Crippen molar-refractivity contribution in [3.63, 3.8) is 0 Å². The molecule has 0 saturated carbocycles. The van der Waals surface area contributed by atoms with E-state index in [1.165, 1.54) is 0 Å². The third-order valence-electron chi connectivity index (χ3n) is 4.08. The summed E-state index contributed by atoms with van der Waals surface area (Å²) in [5.74, 6) is 1.48. The summed E-state index contributed by atoms with van der Waals surface area (Å²) in [6.45, 7) is 0.543. The van der Waals surface area contributed by atoms with Crippen LogP contribution in [-0.4, -0.2) is 47.3 Å². The van der Waals surface area contributed by atoms with Crippen molar-refractivity contribution in [1.29, 1.82) is 0 Å². The molecule has 0 saturated heterocycles. The van der Waals surface area contributed by atoms with Crippen LogP contribution < -0.4 is 5.01 Å². The minimum Gasteiger partial charge on any atom is -0.282 e. The zero-order chi connectivity index (χ0) is 18.1. The highest BCUT2D eigenvalue weighted by Crippen LogP contribution is 2.25. The number of benzene rings is 1. The van der Waals surface area contributed by atoms with Crippen LogP contribution in [0.2, 0.25) is 0 Å². The van der Waals surface area contributed by atoms with E-state index < -0.39 is 10.8 Å². The molecule has 0 amide bonds. The molecule has 0 radical (unpaired) electrons. The van der Waals surface area contributed by atoms with E-state index in [0.29, 0.717) is 17.5 Å². The summed E-state index contributed by atoms with van der Waals surface area (Å²) in [4.78, 5) is 12.8. The first-order valence-corrected chi connectivity index (χ1v) is 9.52. The van der Waals surface area contributed by atoms with Crippen molar-refractivity contribution in [3.05, 3.63) is 66.5 Å². The maximum Gasteiger partial charge on any atom is 0.220 e. The van der Waals surface area contributed by atoms with E-state index in [4.69, 9.17) is 0 Å². The van der Waals surface area contributed by atoms with Gasteiger partial charge in [-0.15, -0.1) is 0 Å². The highest BCUT2D eigenvalue weighted by atomic mass is 32.2. The Hall–Kier alpha value is -3.07. The zero-order valence-electron chi connectivity index (χ0n) is 14.4. The molecule has 132 valence electrons. The number of fused-ring (bicyclic) bond motifs is 1. The van der Waals surface area contributed by atoms with Gasteiger partial charge in [0.2, 0.25) is 5.16 Å². The highest BCUT2D eigenvalue weighted by molar-refractivity contribution is 7.84. The van der Waals surface area contributed by atoms with Gasteiger partial charge in [0.05, 0.1) is 23.0 Å². The molecule has 1 aliphatic heterocycles. The van der Waals surface area contributed by atoms with Gasteiger partial charge in [-0.2, -0.15) is 5.10 Å². The average Bonchev–Trinajstić information content (AvgIpc) is 3.16. The zero-order valence-corrected chi connectivity index (χ0v) is 15.2. The van der Waals surface area contributed by atoms with Crippen LogP contribution in [0.1, 0.15) is 11.4 Å². The Balaban J connectivity index is 1.73. The smallest absolute Gasteiger partial charge is 0.220 e. The van der Waals surface area contributed by atoms with Crippen LogP contribution in [0.25, 0.3) is 5.70 Å². The van der Waals surface area contributed by atoms with Gasteiger partial charge in [-0.25, -0.2) is 19.6 Å². The van der Waals surface area contributed by atoms with Gasteiger partial charge < -0.3 is 0 Å². The Morgan fingerprint density at radius 2 is 1.96 bits per heavy atom. The van der Waals surface area contributed by atoms with Gasteiger partial charge >= 0.3 is 0 Å². The Labute approximate surface area is 153 Å². The minimum absolute atomic E-state index is 0.307. The number of anilines is 1. The third kappa shape index (κ3) is 2.97. The molecule has 0 fully saturated rings. The number of hydrogen-bond donors (Lipinski definition) is 0. The molecule has 1 unspecified atom stereocenters. The van der Waals surface area contributed by atoms with Gasteiger partial charge in [0.15, 0.2) is 11.6 Å². The molecule has 0 spiro atoms. The minimum atomic E-state index is -1.24. The fourth-order valence-electron chi connectivity index (χ4n) is 2.74. The van der Waals surface area contributed by atoms with E-state index in [-0.39, 0.29) is 0 Å². The topological polar surface area (TPSA) is 80.0 Å². The first-order valence-electron chi connectivity index (χ1n) is 7.97. The van der Waals surface area contributed by atoms with Crippen LogP contribution in [0.5, 0.6) is 0 Å². The van der Waals surface area contributed by atoms with Gasteiger partial charge in [0.1, 0.15) is 6.33 Å². The second-order valence-electron chi connectivity index (χ2n) is 5.74. The van der Waals surface area contributed by atoms with Crippen molar-refractivity contribution >= 4 is 22.3 Å². The van der Waals surface area contributed by atoms with Gasteiger partial charge in [-0.3, -0.25) is 14.2 Å². The van der Waals surface area contributed by atoms with Crippen LogP contribution >= 0.6 is 0 Å². The maximum absolute atomic E-state index is 11.7. The molecule has 1 atom stereocenters. The molecule has 0 N–H and O–H groups in total. The Morgan fingerprint density at radius 3 is 2.73 bits per heavy atom. The summed E-state index contributed by atoms with van der Waals surface area (Å²) in [6, 6.07) is 11.8. The largest absolute Gasteiger partial charge is 0.282 e. The molecule has 1 aromatic carbocycles. The Bertz CT molecular complexity index is 986. The van der Waals surface area contributed by atoms with Crippen molar-refractivity contribution in [3.8, 4) is 0 Å². The summed E-state index contributed by atoms with van der Waals surface area (Å²) in [5, 5.41) is 8.54. The lowest BCUT2D eigenvalue weighted by atomic mass is 10.1. The molecular formula is C17H17N7OS. The summed E-state index contributed by atoms with van der Waals surface area (Å²) < 4.78 is 13.5. The van der Waals surface area contributed by atoms with Gasteiger partial charge in [-0.05, 0) is 0 Å². The fourth-order valence-corrected chi connectivity index (χ4v) is 3.17. The average molecular weight is 367 g/mol. The van der Waals surface area contributed by atoms with Crippen LogP contribution in [0.4, 0.5) is 5.82 Å². The predicted octanol–water partition coefficient (Wildman–Crippen LogP) is 1.52. The molecule has 0 bridgehead atoms. The summed E-state index contributed by atoms with van der Waals surface area (Å²) in [6.07, 6.45) is 6.74. The van der Waals surface area contributed by atoms with E-state index in [2.05, 4.69) is 20.1 Å². The molecule has 2 aromatic heterocycles. The van der Waals surface area contributed by atoms with Gasteiger partial charge in [-0.1, -0.05) is 30.3 Å². The third-order valence-corrected chi connectivity index (χ3v) is 4.79. The second kappa shape index (κ2) is 6.68. The van der Waals surface area contributed by atoms with Crippen LogP contribution in [-0.2, 0) is 17.3 Å². The van der Waals surface area contributed by atoms with Gasteiger partial charge in [0, 0.05) is 37.3 Å². The lowest BCUT2D eigenvalue weighted by Crippen LogP contribution is -2.39. The van der Waals surface area contributed by atoms with Crippen LogP contribution in [0, 0.1) is 0 Å². The quantitative estimate of drug-likeness (QED) is 0.647. The number of hydrogen-bond acceptors (Lipinski definition) is 7. The monoisotopic (exact) mass is 367 g/mol. The van der Waals surface area contributed by atoms with E-state index >= 15 is 0 Å². The molecule has 1 aliphatic rings. The first kappa shape index (κ1) is 16.4. The van der Waals surface area contributed by atoms with Gasteiger partial charge in [0.25, 0.3) is 0 Å². The summed E-state index contributed by atoms with van der Waals surface area (Å²) in [5.41, 5.74) is 1.96. The molecular weight excluding hydrogens is 350 g/mol. The second-order valence-corrected chi connectivity index (χ2v) is 7.01. The number of hydrazine groups is 1. The summed E-state index contributed by atoms with van der Waals surface area (Å²) in [7, 11) is 0.662. The molecule has 9 heteroatoms. The van der Waals surface area contributed by atoms with E-state index in [0.717, 1.165) is 17.1 Å². The molecule has 0 aliphatic carbocycles. The molecule has 3 aromatic rings.